The van der Waals surface area contributed by atoms with E-state index in [1.165, 1.54) is 0 Å². The Morgan fingerprint density at radius 3 is 2.79 bits per heavy atom. The van der Waals surface area contributed by atoms with E-state index in [0.717, 1.165) is 24.2 Å². The number of ether oxygens (including phenoxy) is 1. The summed E-state index contributed by atoms with van der Waals surface area (Å²) in [6, 6.07) is 3.81. The predicted molar refractivity (Wildman–Crippen MR) is 104 cm³/mol. The average molecular weight is 385 g/mol. The lowest BCUT2D eigenvalue weighted by Gasteiger charge is -2.33. The van der Waals surface area contributed by atoms with Crippen molar-refractivity contribution in [1.82, 2.24) is 24.8 Å². The summed E-state index contributed by atoms with van der Waals surface area (Å²) >= 11 is 0. The molecular formula is C20H27N5O3. The highest BCUT2D eigenvalue weighted by molar-refractivity contribution is 5.80. The molecule has 1 aliphatic rings. The molecule has 3 heterocycles. The Balaban J connectivity index is 1.51. The number of piperidine rings is 1. The molecule has 1 unspecified atom stereocenters. The van der Waals surface area contributed by atoms with Gasteiger partial charge in [0.05, 0.1) is 5.92 Å². The first-order valence-electron chi connectivity index (χ1n) is 9.51. The van der Waals surface area contributed by atoms with E-state index in [4.69, 9.17) is 4.74 Å². The summed E-state index contributed by atoms with van der Waals surface area (Å²) in [5.41, 5.74) is 0.374. The molecular weight excluding hydrogens is 358 g/mol. The van der Waals surface area contributed by atoms with Crippen LogP contribution in [0.25, 0.3) is 5.82 Å². The van der Waals surface area contributed by atoms with E-state index in [-0.39, 0.29) is 17.9 Å². The molecule has 0 saturated carbocycles. The number of pyridine rings is 1. The number of hydrogen-bond acceptors (Lipinski definition) is 5. The minimum Gasteiger partial charge on any atom is -0.444 e. The van der Waals surface area contributed by atoms with Crippen molar-refractivity contribution in [3.8, 4) is 5.82 Å². The number of aromatic nitrogens is 3. The molecule has 1 N–H and O–H groups in total. The van der Waals surface area contributed by atoms with E-state index >= 15 is 0 Å². The maximum Gasteiger partial charge on any atom is 0.410 e. The number of carbonyl (C=O) groups is 2. The van der Waals surface area contributed by atoms with Crippen molar-refractivity contribution < 1.29 is 14.3 Å². The van der Waals surface area contributed by atoms with E-state index in [1.807, 2.05) is 43.7 Å². The van der Waals surface area contributed by atoms with Crippen LogP contribution in [0.3, 0.4) is 0 Å². The fourth-order valence-electron chi connectivity index (χ4n) is 3.09. The summed E-state index contributed by atoms with van der Waals surface area (Å²) in [6.45, 7) is 6.93. The van der Waals surface area contributed by atoms with Crippen LogP contribution in [0.1, 0.15) is 39.2 Å². The summed E-state index contributed by atoms with van der Waals surface area (Å²) in [5.74, 6) is 0.499. The number of nitrogens with zero attached hydrogens (tertiary/aromatic N) is 4. The Morgan fingerprint density at radius 1 is 1.32 bits per heavy atom. The van der Waals surface area contributed by atoms with Crippen LogP contribution in [-0.4, -0.2) is 50.1 Å². The van der Waals surface area contributed by atoms with Crippen LogP contribution in [0.5, 0.6) is 0 Å². The van der Waals surface area contributed by atoms with Crippen molar-refractivity contribution in [1.29, 1.82) is 0 Å². The first-order valence-corrected chi connectivity index (χ1v) is 9.51. The van der Waals surface area contributed by atoms with Crippen LogP contribution in [0.2, 0.25) is 0 Å². The zero-order valence-electron chi connectivity index (χ0n) is 16.6. The number of nitrogens with one attached hydrogen (secondary N) is 1. The van der Waals surface area contributed by atoms with Crippen LogP contribution in [0, 0.1) is 5.92 Å². The maximum absolute atomic E-state index is 12.6. The lowest BCUT2D eigenvalue weighted by Crippen LogP contribution is -2.46. The van der Waals surface area contributed by atoms with Crippen molar-refractivity contribution >= 4 is 12.0 Å². The van der Waals surface area contributed by atoms with Gasteiger partial charge in [0.1, 0.15) is 17.7 Å². The van der Waals surface area contributed by atoms with Gasteiger partial charge in [-0.2, -0.15) is 0 Å². The van der Waals surface area contributed by atoms with Gasteiger partial charge < -0.3 is 15.0 Å². The monoisotopic (exact) mass is 385 g/mol. The minimum atomic E-state index is -0.540. The summed E-state index contributed by atoms with van der Waals surface area (Å²) in [6.07, 6.45) is 8.14. The van der Waals surface area contributed by atoms with E-state index < -0.39 is 5.60 Å². The number of rotatable bonds is 4. The third-order valence-electron chi connectivity index (χ3n) is 4.49. The largest absolute Gasteiger partial charge is 0.444 e. The van der Waals surface area contributed by atoms with Gasteiger partial charge in [0.25, 0.3) is 0 Å². The van der Waals surface area contributed by atoms with Crippen LogP contribution < -0.4 is 5.32 Å². The Hall–Kier alpha value is -2.90. The molecule has 2 aromatic heterocycles. The fraction of sp³-hybridized carbons (Fsp3) is 0.500. The van der Waals surface area contributed by atoms with Crippen molar-refractivity contribution in [3.63, 3.8) is 0 Å². The van der Waals surface area contributed by atoms with Gasteiger partial charge in [0, 0.05) is 38.2 Å². The molecule has 150 valence electrons. The normalized spacial score (nSPS) is 17.2. The standard InChI is InChI=1S/C20H27N5O3/c1-20(2,3)28-19(27)24-9-4-5-16(13-24)18(26)23-12-15-6-7-17(22-11-15)25-10-8-21-14-25/h6-8,10-11,14,16H,4-5,9,12-13H2,1-3H3,(H,23,26). The number of carbonyl (C=O) groups excluding carboxylic acids is 2. The number of likely N-dealkylation sites (tertiary alicyclic amines) is 1. The zero-order chi connectivity index (χ0) is 20.1. The van der Waals surface area contributed by atoms with Gasteiger partial charge in [-0.25, -0.2) is 14.8 Å². The van der Waals surface area contributed by atoms with Crippen molar-refractivity contribution in [2.75, 3.05) is 13.1 Å². The molecule has 2 aromatic rings. The highest BCUT2D eigenvalue weighted by atomic mass is 16.6. The molecule has 0 aromatic carbocycles. The fourth-order valence-corrected chi connectivity index (χ4v) is 3.09. The van der Waals surface area contributed by atoms with Gasteiger partial charge in [-0.15, -0.1) is 0 Å². The second-order valence-corrected chi connectivity index (χ2v) is 7.98. The van der Waals surface area contributed by atoms with Crippen LogP contribution in [0.4, 0.5) is 4.79 Å². The van der Waals surface area contributed by atoms with Gasteiger partial charge in [0.2, 0.25) is 5.91 Å². The van der Waals surface area contributed by atoms with Crippen molar-refractivity contribution in [3.05, 3.63) is 42.6 Å². The van der Waals surface area contributed by atoms with Crippen molar-refractivity contribution in [2.24, 2.45) is 5.92 Å². The number of hydrogen-bond donors (Lipinski definition) is 1. The molecule has 1 atom stereocenters. The van der Waals surface area contributed by atoms with Crippen LogP contribution >= 0.6 is 0 Å². The van der Waals surface area contributed by atoms with Crippen molar-refractivity contribution in [2.45, 2.75) is 45.8 Å². The lowest BCUT2D eigenvalue weighted by molar-refractivity contribution is -0.126. The molecule has 1 aliphatic heterocycles. The lowest BCUT2D eigenvalue weighted by atomic mass is 9.97. The smallest absolute Gasteiger partial charge is 0.410 e. The van der Waals surface area contributed by atoms with Gasteiger partial charge in [0.15, 0.2) is 0 Å². The highest BCUT2D eigenvalue weighted by Gasteiger charge is 2.30. The van der Waals surface area contributed by atoms with E-state index in [0.29, 0.717) is 19.6 Å². The average Bonchev–Trinajstić information content (AvgIpc) is 3.20. The first-order chi connectivity index (χ1) is 13.3. The quantitative estimate of drug-likeness (QED) is 0.874. The Kier molecular flexibility index (Phi) is 5.96. The highest BCUT2D eigenvalue weighted by Crippen LogP contribution is 2.19. The molecule has 8 nitrogen and oxygen atoms in total. The van der Waals surface area contributed by atoms with Crippen LogP contribution in [0.15, 0.2) is 37.1 Å². The van der Waals surface area contributed by atoms with Gasteiger partial charge >= 0.3 is 6.09 Å². The Morgan fingerprint density at radius 2 is 2.14 bits per heavy atom. The molecule has 0 radical (unpaired) electrons. The van der Waals surface area contributed by atoms with Gasteiger partial charge in [-0.3, -0.25) is 9.36 Å². The predicted octanol–water partition coefficient (Wildman–Crippen LogP) is 2.53. The Bertz CT molecular complexity index is 796. The van der Waals surface area contributed by atoms with E-state index in [9.17, 15) is 9.59 Å². The summed E-state index contributed by atoms with van der Waals surface area (Å²) < 4.78 is 7.23. The summed E-state index contributed by atoms with van der Waals surface area (Å²) in [4.78, 5) is 34.8. The molecule has 0 spiro atoms. The SMILES string of the molecule is CC(C)(C)OC(=O)N1CCCC(C(=O)NCc2ccc(-n3ccnc3)nc2)C1. The molecule has 28 heavy (non-hydrogen) atoms. The third-order valence-corrected chi connectivity index (χ3v) is 4.49. The van der Waals surface area contributed by atoms with E-state index in [1.54, 1.807) is 23.6 Å². The second-order valence-electron chi connectivity index (χ2n) is 7.98. The second kappa shape index (κ2) is 8.41. The topological polar surface area (TPSA) is 89.4 Å². The molecule has 1 fully saturated rings. The molecule has 8 heteroatoms. The first kappa shape index (κ1) is 19.9. The van der Waals surface area contributed by atoms with E-state index in [2.05, 4.69) is 15.3 Å². The molecule has 3 rings (SSSR count). The van der Waals surface area contributed by atoms with Crippen LogP contribution in [-0.2, 0) is 16.1 Å². The minimum absolute atomic E-state index is 0.0491. The number of imidazole rings is 1. The molecule has 0 bridgehead atoms. The molecule has 0 aliphatic carbocycles. The van der Waals surface area contributed by atoms with Gasteiger partial charge in [-0.05, 0) is 45.2 Å². The third kappa shape index (κ3) is 5.31. The molecule has 1 saturated heterocycles. The van der Waals surface area contributed by atoms with Gasteiger partial charge in [-0.1, -0.05) is 6.07 Å². The number of amides is 2. The maximum atomic E-state index is 12.6. The Labute approximate surface area is 164 Å². The zero-order valence-corrected chi connectivity index (χ0v) is 16.6. The molecule has 2 amide bonds. The summed E-state index contributed by atoms with van der Waals surface area (Å²) in [5, 5.41) is 2.95. The summed E-state index contributed by atoms with van der Waals surface area (Å²) in [7, 11) is 0.